The lowest BCUT2D eigenvalue weighted by Gasteiger charge is -2.17. The van der Waals surface area contributed by atoms with Gasteiger partial charge in [0.05, 0.1) is 17.8 Å². The Morgan fingerprint density at radius 1 is 1.33 bits per heavy atom. The monoisotopic (exact) mass is 251 g/mol. The number of β-amino-alcohol motifs (C(OH)–C–C–N with tert-alkyl or cyclic N) is 2. The summed E-state index contributed by atoms with van der Waals surface area (Å²) in [6.07, 6.45) is 0.0270. The molecule has 1 fully saturated rings. The highest BCUT2D eigenvalue weighted by molar-refractivity contribution is 5.93. The third kappa shape index (κ3) is 2.44. The van der Waals surface area contributed by atoms with E-state index in [-0.39, 0.29) is 5.91 Å². The van der Waals surface area contributed by atoms with Crippen molar-refractivity contribution in [3.05, 3.63) is 23.9 Å². The maximum absolute atomic E-state index is 11.7. The summed E-state index contributed by atoms with van der Waals surface area (Å²) in [5, 5.41) is 18.9. The number of hydrogen-bond donors (Lipinski definition) is 2. The van der Waals surface area contributed by atoms with Crippen LogP contribution in [0, 0.1) is 0 Å². The van der Waals surface area contributed by atoms with E-state index in [0.717, 1.165) is 0 Å². The number of carbonyl (C=O) groups is 1. The fourth-order valence-corrected chi connectivity index (χ4v) is 1.91. The molecular weight excluding hydrogens is 234 g/mol. The minimum absolute atomic E-state index is 0.101. The standard InChI is InChI=1S/C12H17N3O3/c1-14(2)12(18)8-3-4-11(13-5-8)15-6-9(16)10(17)7-15/h3-5,9-10,16-17H,6-7H2,1-2H3. The van der Waals surface area contributed by atoms with Gasteiger partial charge in [0.2, 0.25) is 0 Å². The van der Waals surface area contributed by atoms with Crippen LogP contribution < -0.4 is 4.90 Å². The van der Waals surface area contributed by atoms with E-state index >= 15 is 0 Å². The summed E-state index contributed by atoms with van der Waals surface area (Å²) in [6.45, 7) is 0.713. The number of aliphatic hydroxyl groups is 2. The fourth-order valence-electron chi connectivity index (χ4n) is 1.91. The maximum Gasteiger partial charge on any atom is 0.254 e. The van der Waals surface area contributed by atoms with E-state index in [1.807, 2.05) is 0 Å². The van der Waals surface area contributed by atoms with Gasteiger partial charge in [0, 0.05) is 33.4 Å². The predicted octanol–water partition coefficient (Wildman–Crippen LogP) is -0.675. The molecule has 0 saturated carbocycles. The fraction of sp³-hybridized carbons (Fsp3) is 0.500. The second kappa shape index (κ2) is 4.91. The van der Waals surface area contributed by atoms with Crippen molar-refractivity contribution in [1.29, 1.82) is 0 Å². The van der Waals surface area contributed by atoms with Crippen LogP contribution in [0.1, 0.15) is 10.4 Å². The topological polar surface area (TPSA) is 76.9 Å². The molecule has 0 spiro atoms. The first-order valence-electron chi connectivity index (χ1n) is 5.78. The van der Waals surface area contributed by atoms with E-state index in [1.165, 1.54) is 11.1 Å². The van der Waals surface area contributed by atoms with Gasteiger partial charge < -0.3 is 20.0 Å². The number of aromatic nitrogens is 1. The van der Waals surface area contributed by atoms with Crippen LogP contribution in [0.2, 0.25) is 0 Å². The number of carbonyl (C=O) groups excluding carboxylic acids is 1. The highest BCUT2D eigenvalue weighted by Crippen LogP contribution is 2.18. The molecule has 2 unspecified atom stereocenters. The van der Waals surface area contributed by atoms with E-state index in [0.29, 0.717) is 24.5 Å². The Kier molecular flexibility index (Phi) is 3.49. The van der Waals surface area contributed by atoms with Crippen LogP contribution in [-0.4, -0.2) is 65.4 Å². The van der Waals surface area contributed by atoms with Crippen LogP contribution in [-0.2, 0) is 0 Å². The molecule has 6 nitrogen and oxygen atoms in total. The zero-order valence-electron chi connectivity index (χ0n) is 10.4. The van der Waals surface area contributed by atoms with Gasteiger partial charge in [-0.1, -0.05) is 0 Å². The third-order valence-electron chi connectivity index (χ3n) is 2.98. The highest BCUT2D eigenvalue weighted by Gasteiger charge is 2.30. The van der Waals surface area contributed by atoms with Gasteiger partial charge in [-0.25, -0.2) is 4.98 Å². The lowest BCUT2D eigenvalue weighted by Crippen LogP contribution is -2.24. The zero-order valence-corrected chi connectivity index (χ0v) is 10.4. The lowest BCUT2D eigenvalue weighted by molar-refractivity contribution is 0.0572. The minimum atomic E-state index is -0.741. The van der Waals surface area contributed by atoms with Crippen LogP contribution in [0.5, 0.6) is 0 Å². The average molecular weight is 251 g/mol. The highest BCUT2D eigenvalue weighted by atomic mass is 16.3. The SMILES string of the molecule is CN(C)C(=O)c1ccc(N2CC(O)C(O)C2)nc1. The molecular formula is C12H17N3O3. The quantitative estimate of drug-likeness (QED) is 0.728. The Balaban J connectivity index is 2.11. The summed E-state index contributed by atoms with van der Waals surface area (Å²) in [7, 11) is 3.37. The number of amides is 1. The van der Waals surface area contributed by atoms with Crippen molar-refractivity contribution < 1.29 is 15.0 Å². The molecule has 98 valence electrons. The van der Waals surface area contributed by atoms with Crippen molar-refractivity contribution in [1.82, 2.24) is 9.88 Å². The van der Waals surface area contributed by atoms with Crippen LogP contribution in [0.25, 0.3) is 0 Å². The molecule has 2 N–H and O–H groups in total. The third-order valence-corrected chi connectivity index (χ3v) is 2.98. The number of aliphatic hydroxyl groups excluding tert-OH is 2. The molecule has 1 aromatic rings. The molecule has 1 aromatic heterocycles. The van der Waals surface area contributed by atoms with Crippen LogP contribution in [0.3, 0.4) is 0 Å². The van der Waals surface area contributed by atoms with Crippen LogP contribution in [0.15, 0.2) is 18.3 Å². The van der Waals surface area contributed by atoms with Gasteiger partial charge in [-0.2, -0.15) is 0 Å². The summed E-state index contributed by atoms with van der Waals surface area (Å²) in [5.41, 5.74) is 0.518. The number of hydrogen-bond acceptors (Lipinski definition) is 5. The second-order valence-electron chi connectivity index (χ2n) is 4.64. The molecule has 1 saturated heterocycles. The van der Waals surface area contributed by atoms with Gasteiger partial charge in [0.15, 0.2) is 0 Å². The van der Waals surface area contributed by atoms with E-state index in [1.54, 1.807) is 31.1 Å². The van der Waals surface area contributed by atoms with Gasteiger partial charge in [-0.05, 0) is 12.1 Å². The second-order valence-corrected chi connectivity index (χ2v) is 4.64. The Bertz CT molecular complexity index is 423. The summed E-state index contributed by atoms with van der Waals surface area (Å²) in [4.78, 5) is 19.1. The van der Waals surface area contributed by atoms with Gasteiger partial charge in [-0.15, -0.1) is 0 Å². The molecule has 1 aliphatic rings. The lowest BCUT2D eigenvalue weighted by atomic mass is 10.2. The van der Waals surface area contributed by atoms with Crippen LogP contribution in [0.4, 0.5) is 5.82 Å². The molecule has 2 rings (SSSR count). The number of pyridine rings is 1. The molecule has 0 aliphatic carbocycles. The normalized spacial score (nSPS) is 23.2. The summed E-state index contributed by atoms with van der Waals surface area (Å²) < 4.78 is 0. The minimum Gasteiger partial charge on any atom is -0.389 e. The van der Waals surface area contributed by atoms with Gasteiger partial charge in [0.1, 0.15) is 5.82 Å². The van der Waals surface area contributed by atoms with Gasteiger partial charge in [0.25, 0.3) is 5.91 Å². The average Bonchev–Trinajstić information content (AvgIpc) is 2.69. The molecule has 0 radical (unpaired) electrons. The molecule has 1 amide bonds. The molecule has 6 heteroatoms. The number of anilines is 1. The number of rotatable bonds is 2. The van der Waals surface area contributed by atoms with Crippen molar-refractivity contribution in [2.45, 2.75) is 12.2 Å². The predicted molar refractivity (Wildman–Crippen MR) is 66.5 cm³/mol. The Labute approximate surface area is 105 Å². The van der Waals surface area contributed by atoms with Crippen molar-refractivity contribution in [2.24, 2.45) is 0 Å². The van der Waals surface area contributed by atoms with E-state index in [9.17, 15) is 15.0 Å². The summed E-state index contributed by atoms with van der Waals surface area (Å²) in [5.74, 6) is 0.552. The van der Waals surface area contributed by atoms with E-state index in [4.69, 9.17) is 0 Å². The van der Waals surface area contributed by atoms with Crippen LogP contribution >= 0.6 is 0 Å². The van der Waals surface area contributed by atoms with Crippen molar-refractivity contribution in [3.8, 4) is 0 Å². The van der Waals surface area contributed by atoms with Crippen molar-refractivity contribution in [2.75, 3.05) is 32.1 Å². The number of nitrogens with zero attached hydrogens (tertiary/aromatic N) is 3. The van der Waals surface area contributed by atoms with Crippen molar-refractivity contribution >= 4 is 11.7 Å². The Hall–Kier alpha value is -1.66. The molecule has 0 aromatic carbocycles. The first kappa shape index (κ1) is 12.8. The first-order valence-corrected chi connectivity index (χ1v) is 5.78. The molecule has 1 aliphatic heterocycles. The maximum atomic E-state index is 11.7. The van der Waals surface area contributed by atoms with Crippen molar-refractivity contribution in [3.63, 3.8) is 0 Å². The van der Waals surface area contributed by atoms with Gasteiger partial charge in [-0.3, -0.25) is 4.79 Å². The zero-order chi connectivity index (χ0) is 13.3. The Morgan fingerprint density at radius 2 is 1.94 bits per heavy atom. The Morgan fingerprint density at radius 3 is 2.39 bits per heavy atom. The van der Waals surface area contributed by atoms with Gasteiger partial charge >= 0.3 is 0 Å². The van der Waals surface area contributed by atoms with E-state index in [2.05, 4.69) is 4.98 Å². The molecule has 18 heavy (non-hydrogen) atoms. The molecule has 2 heterocycles. The molecule has 2 atom stereocenters. The van der Waals surface area contributed by atoms with E-state index < -0.39 is 12.2 Å². The molecule has 0 bridgehead atoms. The largest absolute Gasteiger partial charge is 0.389 e. The smallest absolute Gasteiger partial charge is 0.254 e. The summed E-state index contributed by atoms with van der Waals surface area (Å²) >= 11 is 0. The summed E-state index contributed by atoms with van der Waals surface area (Å²) in [6, 6.07) is 3.42. The first-order chi connectivity index (χ1) is 8.49.